The fourth-order valence-corrected chi connectivity index (χ4v) is 8.65. The molecule has 2 aliphatic carbocycles. The Morgan fingerprint density at radius 2 is 1.15 bits per heavy atom. The van der Waals surface area contributed by atoms with Crippen LogP contribution in [0, 0.1) is 0 Å². The molecular formula is C30H25O10-. The van der Waals surface area contributed by atoms with E-state index in [1.807, 2.05) is 0 Å². The van der Waals surface area contributed by atoms with Crippen LogP contribution in [-0.4, -0.2) is 39.1 Å². The summed E-state index contributed by atoms with van der Waals surface area (Å²) in [5.74, 6) is -6.12. The third-order valence-electron chi connectivity index (χ3n) is 9.94. The number of hydrogen-bond acceptors (Lipinski definition) is 10. The van der Waals surface area contributed by atoms with Crippen molar-refractivity contribution in [2.45, 2.75) is 88.7 Å². The maximum Gasteiger partial charge on any atom is 0.201 e. The molecule has 40 heavy (non-hydrogen) atoms. The topological polar surface area (TPSA) is 155 Å². The lowest BCUT2D eigenvalue weighted by atomic mass is 9.66. The van der Waals surface area contributed by atoms with E-state index >= 15 is 0 Å². The van der Waals surface area contributed by atoms with Crippen LogP contribution in [0.2, 0.25) is 0 Å². The molecule has 10 heteroatoms. The van der Waals surface area contributed by atoms with E-state index in [9.17, 15) is 30.0 Å². The lowest BCUT2D eigenvalue weighted by molar-refractivity contribution is -0.283. The SMILES string of the molecule is C[C@H]1O[C@H](C)[C@H]2O[C@@]3(O)CC(=O)c4c(O)c5c6c7c8c9c(c([O-])c1c2c9c3c47)C(=O)C[C@]8(O)O[C@@H]6[C@@H](C)O[C@@H]5C. The van der Waals surface area contributed by atoms with Crippen molar-refractivity contribution >= 4 is 33.1 Å². The first-order valence-corrected chi connectivity index (χ1v) is 13.7. The molecule has 9 rings (SSSR count). The molecule has 3 aromatic rings. The Kier molecular flexibility index (Phi) is 3.93. The molecule has 10 nitrogen and oxygen atoms in total. The number of carbonyl (C=O) groups is 2. The minimum Gasteiger partial charge on any atom is -0.872 e. The van der Waals surface area contributed by atoms with Crippen LogP contribution in [0.1, 0.15) is 119 Å². The highest BCUT2D eigenvalue weighted by Crippen LogP contribution is 2.66. The van der Waals surface area contributed by atoms with Crippen molar-refractivity contribution in [1.29, 1.82) is 0 Å². The smallest absolute Gasteiger partial charge is 0.201 e. The molecule has 0 aromatic heterocycles. The molecule has 3 aromatic carbocycles. The van der Waals surface area contributed by atoms with Gasteiger partial charge in [0, 0.05) is 38.6 Å². The molecule has 4 aliphatic heterocycles. The van der Waals surface area contributed by atoms with Gasteiger partial charge >= 0.3 is 0 Å². The molecule has 8 atom stereocenters. The Labute approximate surface area is 227 Å². The van der Waals surface area contributed by atoms with Crippen LogP contribution in [0.25, 0.3) is 21.5 Å². The highest BCUT2D eigenvalue weighted by Gasteiger charge is 2.59. The summed E-state index contributed by atoms with van der Waals surface area (Å²) in [7, 11) is 0. The van der Waals surface area contributed by atoms with Gasteiger partial charge in [0.2, 0.25) is 11.6 Å². The summed E-state index contributed by atoms with van der Waals surface area (Å²) in [4.78, 5) is 27.5. The van der Waals surface area contributed by atoms with Gasteiger partial charge in [-0.25, -0.2) is 0 Å². The van der Waals surface area contributed by atoms with Crippen molar-refractivity contribution in [3.05, 3.63) is 44.5 Å². The lowest BCUT2D eigenvalue weighted by Crippen LogP contribution is -2.49. The van der Waals surface area contributed by atoms with Gasteiger partial charge in [-0.2, -0.15) is 0 Å². The second-order valence-corrected chi connectivity index (χ2v) is 12.1. The minimum absolute atomic E-state index is 0.00758. The van der Waals surface area contributed by atoms with Crippen LogP contribution in [0.4, 0.5) is 0 Å². The molecule has 0 bridgehead atoms. The van der Waals surface area contributed by atoms with Gasteiger partial charge in [0.05, 0.1) is 42.8 Å². The number of rotatable bonds is 0. The van der Waals surface area contributed by atoms with Gasteiger partial charge in [0.15, 0.2) is 11.6 Å². The fourth-order valence-electron chi connectivity index (χ4n) is 8.65. The summed E-state index contributed by atoms with van der Waals surface area (Å²) >= 11 is 0. The number of aromatic hydroxyl groups is 1. The Morgan fingerprint density at radius 1 is 0.700 bits per heavy atom. The van der Waals surface area contributed by atoms with Crippen molar-refractivity contribution in [3.63, 3.8) is 0 Å². The van der Waals surface area contributed by atoms with Crippen molar-refractivity contribution in [1.82, 2.24) is 0 Å². The quantitative estimate of drug-likeness (QED) is 0.358. The average Bonchev–Trinajstić information content (AvgIpc) is 2.85. The van der Waals surface area contributed by atoms with Crippen LogP contribution in [0.5, 0.6) is 11.5 Å². The second kappa shape index (κ2) is 6.67. The lowest BCUT2D eigenvalue weighted by Gasteiger charge is -2.52. The third-order valence-corrected chi connectivity index (χ3v) is 9.94. The van der Waals surface area contributed by atoms with E-state index < -0.39 is 78.4 Å². The van der Waals surface area contributed by atoms with E-state index in [4.69, 9.17) is 18.9 Å². The summed E-state index contributed by atoms with van der Waals surface area (Å²) < 4.78 is 24.7. The maximum absolute atomic E-state index is 14.1. The van der Waals surface area contributed by atoms with Gasteiger partial charge in [-0.05, 0) is 49.6 Å². The van der Waals surface area contributed by atoms with Crippen LogP contribution >= 0.6 is 0 Å². The van der Waals surface area contributed by atoms with Gasteiger partial charge in [-0.1, -0.05) is 5.75 Å². The number of ether oxygens (including phenoxy) is 4. The standard InChI is InChI=1S/C30H26O10/c1-7-13-21-19-17-15(25(13)33)11(31)5-30(36)24(17)20-18-16(26(34)14-8(2)38-10(4)28(40-30)22(14)20)12(32)6-29(35,23(18)19)39-27(21)9(3)37-7/h7-10,27-28,33-36H,5-6H2,1-4H3/p-1/t7-,8-,9-,10-,27-,28-,29+,30+/m1/s1. The highest BCUT2D eigenvalue weighted by atomic mass is 16.7. The predicted molar refractivity (Wildman–Crippen MR) is 134 cm³/mol. The Bertz CT molecular complexity index is 1710. The minimum atomic E-state index is -2.13. The number of aliphatic hydroxyl groups is 2. The molecule has 6 aliphatic rings. The Hall–Kier alpha value is -3.12. The van der Waals surface area contributed by atoms with E-state index in [0.717, 1.165) is 0 Å². The zero-order valence-electron chi connectivity index (χ0n) is 22.1. The molecule has 0 saturated heterocycles. The van der Waals surface area contributed by atoms with Crippen molar-refractivity contribution in [2.24, 2.45) is 0 Å². The van der Waals surface area contributed by atoms with E-state index in [1.54, 1.807) is 27.7 Å². The van der Waals surface area contributed by atoms with Gasteiger partial charge in [-0.15, -0.1) is 0 Å². The summed E-state index contributed by atoms with van der Waals surface area (Å²) in [5, 5.41) is 51.3. The molecule has 0 amide bonds. The van der Waals surface area contributed by atoms with Crippen LogP contribution in [0.15, 0.2) is 0 Å². The van der Waals surface area contributed by atoms with Crippen molar-refractivity contribution in [2.75, 3.05) is 0 Å². The monoisotopic (exact) mass is 545 g/mol. The first kappa shape index (κ1) is 23.6. The largest absolute Gasteiger partial charge is 0.872 e. The number of ketones is 2. The first-order valence-electron chi connectivity index (χ1n) is 13.7. The molecule has 0 spiro atoms. The average molecular weight is 546 g/mol. The van der Waals surface area contributed by atoms with Crippen LogP contribution < -0.4 is 5.11 Å². The molecule has 0 radical (unpaired) electrons. The zero-order valence-corrected chi connectivity index (χ0v) is 22.1. The van der Waals surface area contributed by atoms with Gasteiger partial charge in [0.1, 0.15) is 18.0 Å². The summed E-state index contributed by atoms with van der Waals surface area (Å²) in [6, 6.07) is 0. The van der Waals surface area contributed by atoms with Gasteiger partial charge in [0.25, 0.3) is 0 Å². The second-order valence-electron chi connectivity index (χ2n) is 12.1. The van der Waals surface area contributed by atoms with Gasteiger partial charge < -0.3 is 39.4 Å². The molecule has 4 heterocycles. The Balaban J connectivity index is 1.66. The summed E-state index contributed by atoms with van der Waals surface area (Å²) in [5.41, 5.74) is 2.00. The summed E-state index contributed by atoms with van der Waals surface area (Å²) in [6.07, 6.45) is -5.25. The molecule has 3 N–H and O–H groups in total. The number of benzene rings is 3. The van der Waals surface area contributed by atoms with Crippen LogP contribution in [0.3, 0.4) is 0 Å². The fraction of sp³-hybridized carbons (Fsp3) is 0.467. The van der Waals surface area contributed by atoms with E-state index in [2.05, 4.69) is 0 Å². The normalized spacial score (nSPS) is 38.1. The summed E-state index contributed by atoms with van der Waals surface area (Å²) in [6.45, 7) is 7.02. The number of phenolic OH excluding ortho intramolecular Hbond substituents is 1. The zero-order chi connectivity index (χ0) is 27.9. The molecule has 0 saturated carbocycles. The molecule has 0 fully saturated rings. The first-order chi connectivity index (χ1) is 18.9. The van der Waals surface area contributed by atoms with Crippen molar-refractivity contribution in [3.8, 4) is 11.5 Å². The molecular weight excluding hydrogens is 520 g/mol. The Morgan fingerprint density at radius 3 is 1.70 bits per heavy atom. The number of hydrogen-bond donors (Lipinski definition) is 3. The predicted octanol–water partition coefficient (Wildman–Crippen LogP) is 3.34. The number of Topliss-reactive ketones (excluding diaryl/α,β-unsaturated/α-hetero) is 2. The highest BCUT2D eigenvalue weighted by molar-refractivity contribution is 6.26. The molecule has 206 valence electrons. The van der Waals surface area contributed by atoms with E-state index in [-0.39, 0.29) is 44.3 Å². The van der Waals surface area contributed by atoms with Crippen molar-refractivity contribution < 1.29 is 49.0 Å². The number of phenols is 1. The number of carbonyl (C=O) groups excluding carboxylic acids is 2. The van der Waals surface area contributed by atoms with E-state index in [0.29, 0.717) is 27.5 Å². The maximum atomic E-state index is 14.1. The van der Waals surface area contributed by atoms with Crippen LogP contribution in [-0.2, 0) is 30.5 Å². The molecule has 0 unspecified atom stereocenters. The van der Waals surface area contributed by atoms with E-state index in [1.165, 1.54) is 0 Å². The third kappa shape index (κ3) is 2.27. The van der Waals surface area contributed by atoms with Gasteiger partial charge in [-0.3, -0.25) is 9.59 Å².